The summed E-state index contributed by atoms with van der Waals surface area (Å²) in [5.41, 5.74) is 1.33. The molecule has 5 nitrogen and oxygen atoms in total. The monoisotopic (exact) mass is 368 g/mol. The van der Waals surface area contributed by atoms with Crippen molar-refractivity contribution in [3.05, 3.63) is 60.2 Å². The lowest BCUT2D eigenvalue weighted by Crippen LogP contribution is -2.41. The van der Waals surface area contributed by atoms with Crippen LogP contribution in [0.2, 0.25) is 0 Å². The van der Waals surface area contributed by atoms with Crippen molar-refractivity contribution < 1.29 is 14.3 Å². The number of piperidine rings is 1. The Morgan fingerprint density at radius 1 is 1.04 bits per heavy atom. The van der Waals surface area contributed by atoms with Crippen molar-refractivity contribution in [2.75, 3.05) is 33.4 Å². The van der Waals surface area contributed by atoms with Crippen molar-refractivity contribution in [2.45, 2.75) is 19.4 Å². The third kappa shape index (κ3) is 6.00. The van der Waals surface area contributed by atoms with Crippen LogP contribution in [0.1, 0.15) is 18.4 Å². The Kier molecular flexibility index (Phi) is 7.11. The van der Waals surface area contributed by atoms with Gasteiger partial charge in [0.15, 0.2) is 0 Å². The molecule has 0 aromatic heterocycles. The second-order valence-corrected chi connectivity index (χ2v) is 6.85. The highest BCUT2D eigenvalue weighted by molar-refractivity contribution is 5.78. The lowest BCUT2D eigenvalue weighted by atomic mass is 9.95. The fraction of sp³-hybridized carbons (Fsp3) is 0.409. The number of hydrogen-bond donors (Lipinski definition) is 1. The zero-order valence-corrected chi connectivity index (χ0v) is 15.9. The van der Waals surface area contributed by atoms with Gasteiger partial charge in [0.2, 0.25) is 5.91 Å². The molecule has 1 N–H and O–H groups in total. The second kappa shape index (κ2) is 9.97. The average Bonchev–Trinajstić information content (AvgIpc) is 2.73. The summed E-state index contributed by atoms with van der Waals surface area (Å²) in [5, 5.41) is 3.00. The number of rotatable bonds is 8. The lowest BCUT2D eigenvalue weighted by molar-refractivity contribution is -0.126. The number of carbonyl (C=O) groups is 1. The summed E-state index contributed by atoms with van der Waals surface area (Å²) in [6.07, 6.45) is 1.83. The largest absolute Gasteiger partial charge is 0.497 e. The van der Waals surface area contributed by atoms with Crippen LogP contribution in [0.5, 0.6) is 11.5 Å². The van der Waals surface area contributed by atoms with Crippen molar-refractivity contribution in [1.82, 2.24) is 10.2 Å². The highest BCUT2D eigenvalue weighted by Crippen LogP contribution is 2.19. The van der Waals surface area contributed by atoms with Crippen LogP contribution in [0.15, 0.2) is 54.6 Å². The van der Waals surface area contributed by atoms with Gasteiger partial charge in [0.05, 0.1) is 13.7 Å². The van der Waals surface area contributed by atoms with Crippen LogP contribution in [-0.4, -0.2) is 44.2 Å². The summed E-state index contributed by atoms with van der Waals surface area (Å²) < 4.78 is 10.8. The minimum Gasteiger partial charge on any atom is -0.497 e. The van der Waals surface area contributed by atoms with Gasteiger partial charge in [0, 0.05) is 12.5 Å². The highest BCUT2D eigenvalue weighted by Gasteiger charge is 2.24. The number of hydrogen-bond acceptors (Lipinski definition) is 4. The molecule has 0 unspecified atom stereocenters. The maximum Gasteiger partial charge on any atom is 0.223 e. The first-order chi connectivity index (χ1) is 13.2. The maximum atomic E-state index is 12.4. The maximum absolute atomic E-state index is 12.4. The number of amides is 1. The minimum absolute atomic E-state index is 0.109. The summed E-state index contributed by atoms with van der Waals surface area (Å²) in [4.78, 5) is 14.8. The molecule has 1 fully saturated rings. The van der Waals surface area contributed by atoms with Crippen molar-refractivity contribution in [3.63, 3.8) is 0 Å². The Hall–Kier alpha value is -2.53. The molecule has 1 saturated heterocycles. The van der Waals surface area contributed by atoms with Crippen LogP contribution < -0.4 is 14.8 Å². The van der Waals surface area contributed by atoms with E-state index in [0.29, 0.717) is 13.2 Å². The quantitative estimate of drug-likeness (QED) is 0.728. The Labute approximate surface area is 161 Å². The third-order valence-corrected chi connectivity index (χ3v) is 4.94. The van der Waals surface area contributed by atoms with Crippen LogP contribution in [-0.2, 0) is 11.3 Å². The molecule has 1 heterocycles. The molecule has 27 heavy (non-hydrogen) atoms. The number of ether oxygens (including phenoxy) is 2. The predicted octanol–water partition coefficient (Wildman–Crippen LogP) is 3.10. The fourth-order valence-corrected chi connectivity index (χ4v) is 3.35. The Balaban J connectivity index is 1.32. The van der Waals surface area contributed by atoms with E-state index >= 15 is 0 Å². The molecule has 5 heteroatoms. The number of likely N-dealkylation sites (tertiary alicyclic amines) is 1. The fourth-order valence-electron chi connectivity index (χ4n) is 3.35. The molecule has 0 radical (unpaired) electrons. The normalized spacial score (nSPS) is 15.3. The van der Waals surface area contributed by atoms with E-state index < -0.39 is 0 Å². The van der Waals surface area contributed by atoms with Crippen LogP contribution in [0.25, 0.3) is 0 Å². The number of nitrogens with one attached hydrogen (secondary N) is 1. The zero-order chi connectivity index (χ0) is 18.9. The van der Waals surface area contributed by atoms with Crippen LogP contribution >= 0.6 is 0 Å². The van der Waals surface area contributed by atoms with Crippen molar-refractivity contribution in [2.24, 2.45) is 5.92 Å². The van der Waals surface area contributed by atoms with Gasteiger partial charge in [0.1, 0.15) is 18.1 Å². The Bertz CT molecular complexity index is 695. The van der Waals surface area contributed by atoms with E-state index in [1.165, 1.54) is 5.56 Å². The molecule has 1 aliphatic rings. The summed E-state index contributed by atoms with van der Waals surface area (Å²) in [6, 6.07) is 17.9. The van der Waals surface area contributed by atoms with E-state index in [0.717, 1.165) is 44.0 Å². The first-order valence-corrected chi connectivity index (χ1v) is 9.55. The van der Waals surface area contributed by atoms with Crippen LogP contribution in [0, 0.1) is 5.92 Å². The molecule has 2 aromatic rings. The molecule has 2 aromatic carbocycles. The van der Waals surface area contributed by atoms with Crippen molar-refractivity contribution >= 4 is 5.91 Å². The molecular formula is C22H28N2O3. The first kappa shape index (κ1) is 19.2. The second-order valence-electron chi connectivity index (χ2n) is 6.85. The SMILES string of the molecule is COc1ccc(OCCNC(=O)C2CCN(Cc3ccccc3)CC2)cc1. The number of benzene rings is 2. The Morgan fingerprint density at radius 3 is 2.37 bits per heavy atom. The van der Waals surface area contributed by atoms with Gasteiger partial charge in [-0.2, -0.15) is 0 Å². The van der Waals surface area contributed by atoms with E-state index in [4.69, 9.17) is 9.47 Å². The number of carbonyl (C=O) groups excluding carboxylic acids is 1. The highest BCUT2D eigenvalue weighted by atomic mass is 16.5. The lowest BCUT2D eigenvalue weighted by Gasteiger charge is -2.31. The average molecular weight is 368 g/mol. The molecule has 0 atom stereocenters. The van der Waals surface area contributed by atoms with Crippen LogP contribution in [0.4, 0.5) is 0 Å². The Morgan fingerprint density at radius 2 is 1.70 bits per heavy atom. The summed E-state index contributed by atoms with van der Waals surface area (Å²) in [5.74, 6) is 1.83. The topological polar surface area (TPSA) is 50.8 Å². The first-order valence-electron chi connectivity index (χ1n) is 9.55. The smallest absolute Gasteiger partial charge is 0.223 e. The molecule has 144 valence electrons. The van der Waals surface area contributed by atoms with Crippen LogP contribution in [0.3, 0.4) is 0 Å². The molecule has 3 rings (SSSR count). The van der Waals surface area contributed by atoms with Gasteiger partial charge >= 0.3 is 0 Å². The van der Waals surface area contributed by atoms with E-state index in [9.17, 15) is 4.79 Å². The summed E-state index contributed by atoms with van der Waals surface area (Å²) in [6.45, 7) is 3.88. The summed E-state index contributed by atoms with van der Waals surface area (Å²) in [7, 11) is 1.64. The summed E-state index contributed by atoms with van der Waals surface area (Å²) >= 11 is 0. The molecule has 0 spiro atoms. The van der Waals surface area contributed by atoms with Crippen molar-refractivity contribution in [3.8, 4) is 11.5 Å². The molecule has 0 bridgehead atoms. The van der Waals surface area contributed by atoms with Gasteiger partial charge in [-0.15, -0.1) is 0 Å². The number of nitrogens with zero attached hydrogens (tertiary/aromatic N) is 1. The van der Waals surface area contributed by atoms with Gasteiger partial charge in [-0.3, -0.25) is 9.69 Å². The zero-order valence-electron chi connectivity index (χ0n) is 15.9. The molecule has 0 saturated carbocycles. The van der Waals surface area contributed by atoms with E-state index in [1.807, 2.05) is 30.3 Å². The van der Waals surface area contributed by atoms with E-state index in [1.54, 1.807) is 7.11 Å². The van der Waals surface area contributed by atoms with Gasteiger partial charge in [-0.25, -0.2) is 0 Å². The van der Waals surface area contributed by atoms with Gasteiger partial charge in [-0.1, -0.05) is 30.3 Å². The third-order valence-electron chi connectivity index (χ3n) is 4.94. The molecule has 1 amide bonds. The van der Waals surface area contributed by atoms with E-state index in [-0.39, 0.29) is 11.8 Å². The number of methoxy groups -OCH3 is 1. The molecule has 0 aliphatic carbocycles. The van der Waals surface area contributed by atoms with Crippen molar-refractivity contribution in [1.29, 1.82) is 0 Å². The van der Waals surface area contributed by atoms with Gasteiger partial charge in [0.25, 0.3) is 0 Å². The standard InChI is InChI=1S/C22H28N2O3/c1-26-20-7-9-21(10-8-20)27-16-13-23-22(25)19-11-14-24(15-12-19)17-18-5-3-2-4-6-18/h2-10,19H,11-17H2,1H3,(H,23,25). The van der Waals surface area contributed by atoms with Gasteiger partial charge < -0.3 is 14.8 Å². The van der Waals surface area contributed by atoms with E-state index in [2.05, 4.69) is 34.5 Å². The minimum atomic E-state index is 0.109. The molecule has 1 aliphatic heterocycles. The van der Waals surface area contributed by atoms with Gasteiger partial charge in [-0.05, 0) is 55.8 Å². The predicted molar refractivity (Wildman–Crippen MR) is 106 cm³/mol. The molecular weight excluding hydrogens is 340 g/mol.